The molecular weight excluding hydrogens is 338 g/mol. The third-order valence-electron chi connectivity index (χ3n) is 7.25. The summed E-state index contributed by atoms with van der Waals surface area (Å²) in [7, 11) is 0. The largest absolute Gasteiger partial charge is 0.392 e. The number of aliphatic hydroxyl groups is 1. The summed E-state index contributed by atoms with van der Waals surface area (Å²) in [6, 6.07) is 12.1. The average Bonchev–Trinajstić information content (AvgIpc) is 3.06. The van der Waals surface area contributed by atoms with Crippen molar-refractivity contribution in [2.45, 2.75) is 49.4 Å². The number of aliphatic hydroxyl groups excluding tert-OH is 1. The number of piperazine rings is 1. The van der Waals surface area contributed by atoms with Gasteiger partial charge in [-0.2, -0.15) is 0 Å². The van der Waals surface area contributed by atoms with E-state index in [0.29, 0.717) is 12.1 Å². The number of ether oxygens (including phenoxy) is 1. The molecule has 0 aliphatic carbocycles. The highest BCUT2D eigenvalue weighted by atomic mass is 16.5. The van der Waals surface area contributed by atoms with Crippen LogP contribution < -0.4 is 0 Å². The Kier molecular flexibility index (Phi) is 4.99. The lowest BCUT2D eigenvalue weighted by molar-refractivity contribution is -0.136. The molecule has 5 heteroatoms. The van der Waals surface area contributed by atoms with E-state index in [1.807, 2.05) is 0 Å². The molecule has 4 heterocycles. The van der Waals surface area contributed by atoms with Crippen molar-refractivity contribution < 1.29 is 9.84 Å². The third-order valence-corrected chi connectivity index (χ3v) is 7.25. The van der Waals surface area contributed by atoms with E-state index in [2.05, 4.69) is 45.0 Å². The van der Waals surface area contributed by atoms with E-state index in [1.165, 1.54) is 31.5 Å². The number of hydrogen-bond donors (Lipinski definition) is 1. The molecular formula is C22H33N3O2. The minimum absolute atomic E-state index is 0.141. The first-order valence-corrected chi connectivity index (χ1v) is 10.7. The van der Waals surface area contributed by atoms with Crippen LogP contribution in [0.1, 0.15) is 24.8 Å². The number of β-amino-alcohol motifs (C(OH)–C–C–N with tert-alkyl or cyclic N) is 1. The van der Waals surface area contributed by atoms with Crippen LogP contribution in [0.2, 0.25) is 0 Å². The molecule has 148 valence electrons. The molecule has 5 nitrogen and oxygen atoms in total. The van der Waals surface area contributed by atoms with Gasteiger partial charge in [0.2, 0.25) is 0 Å². The first-order chi connectivity index (χ1) is 13.2. The van der Waals surface area contributed by atoms with Gasteiger partial charge in [-0.3, -0.25) is 14.7 Å². The van der Waals surface area contributed by atoms with Crippen molar-refractivity contribution in [3.8, 4) is 0 Å². The summed E-state index contributed by atoms with van der Waals surface area (Å²) < 4.78 is 5.55. The third kappa shape index (κ3) is 3.56. The van der Waals surface area contributed by atoms with Gasteiger partial charge in [0, 0.05) is 64.6 Å². The van der Waals surface area contributed by atoms with Crippen LogP contribution in [-0.2, 0) is 11.2 Å². The lowest BCUT2D eigenvalue weighted by Crippen LogP contribution is -2.79. The molecule has 0 saturated carbocycles. The molecule has 1 spiro atoms. The molecule has 1 aromatic carbocycles. The Morgan fingerprint density at radius 2 is 1.78 bits per heavy atom. The molecule has 0 aromatic heterocycles. The molecule has 4 aliphatic heterocycles. The Morgan fingerprint density at radius 1 is 1.00 bits per heavy atom. The van der Waals surface area contributed by atoms with Gasteiger partial charge >= 0.3 is 0 Å². The van der Waals surface area contributed by atoms with Crippen molar-refractivity contribution in [2.75, 3.05) is 52.5 Å². The highest BCUT2D eigenvalue weighted by Gasteiger charge is 2.56. The fourth-order valence-electron chi connectivity index (χ4n) is 5.92. The predicted octanol–water partition coefficient (Wildman–Crippen LogP) is 1.21. The van der Waals surface area contributed by atoms with Crippen molar-refractivity contribution >= 4 is 0 Å². The molecule has 27 heavy (non-hydrogen) atoms. The Bertz CT molecular complexity index is 628. The number of nitrogens with zero attached hydrogens (tertiary/aromatic N) is 3. The van der Waals surface area contributed by atoms with Gasteiger partial charge in [0.1, 0.15) is 0 Å². The molecule has 0 amide bonds. The van der Waals surface area contributed by atoms with Gasteiger partial charge < -0.3 is 9.84 Å². The zero-order valence-corrected chi connectivity index (χ0v) is 16.3. The van der Waals surface area contributed by atoms with E-state index in [9.17, 15) is 5.11 Å². The quantitative estimate of drug-likeness (QED) is 0.862. The number of hydrogen-bond acceptors (Lipinski definition) is 5. The summed E-state index contributed by atoms with van der Waals surface area (Å²) in [5.74, 6) is 0. The molecule has 0 bridgehead atoms. The van der Waals surface area contributed by atoms with E-state index in [0.717, 1.165) is 52.2 Å². The summed E-state index contributed by atoms with van der Waals surface area (Å²) in [4.78, 5) is 8.03. The maximum atomic E-state index is 10.3. The van der Waals surface area contributed by atoms with Crippen LogP contribution in [0.4, 0.5) is 0 Å². The zero-order chi connectivity index (χ0) is 18.3. The van der Waals surface area contributed by atoms with Crippen LogP contribution in [-0.4, -0.2) is 96.0 Å². The maximum absolute atomic E-state index is 10.3. The van der Waals surface area contributed by atoms with Gasteiger partial charge in [0.25, 0.3) is 0 Å². The smallest absolute Gasteiger partial charge is 0.0682 e. The minimum atomic E-state index is -0.141. The first kappa shape index (κ1) is 18.1. The predicted molar refractivity (Wildman–Crippen MR) is 106 cm³/mol. The standard InChI is InChI=1S/C22H33N3O2/c26-21-12-20-13-23(9-6-18-4-2-1-3-5-18)15-22(25(20)14-21)16-24(17-22)19-7-10-27-11-8-19/h1-5,19-21,26H,6-17H2. The van der Waals surface area contributed by atoms with E-state index >= 15 is 0 Å². The molecule has 0 radical (unpaired) electrons. The van der Waals surface area contributed by atoms with Gasteiger partial charge in [-0.1, -0.05) is 30.3 Å². The summed E-state index contributed by atoms with van der Waals surface area (Å²) >= 11 is 0. The van der Waals surface area contributed by atoms with E-state index in [1.54, 1.807) is 0 Å². The highest BCUT2D eigenvalue weighted by molar-refractivity contribution is 5.17. The first-order valence-electron chi connectivity index (χ1n) is 10.7. The van der Waals surface area contributed by atoms with Gasteiger partial charge in [0.15, 0.2) is 0 Å². The van der Waals surface area contributed by atoms with Crippen LogP contribution in [0.3, 0.4) is 0 Å². The Balaban J connectivity index is 1.25. The van der Waals surface area contributed by atoms with E-state index in [-0.39, 0.29) is 11.6 Å². The van der Waals surface area contributed by atoms with Crippen LogP contribution in [0.25, 0.3) is 0 Å². The lowest BCUT2D eigenvalue weighted by atomic mass is 9.81. The molecule has 1 aromatic rings. The molecule has 2 atom stereocenters. The number of benzene rings is 1. The van der Waals surface area contributed by atoms with Crippen LogP contribution in [0.15, 0.2) is 30.3 Å². The summed E-state index contributed by atoms with van der Waals surface area (Å²) in [6.45, 7) is 8.45. The van der Waals surface area contributed by atoms with Crippen molar-refractivity contribution in [3.05, 3.63) is 35.9 Å². The lowest BCUT2D eigenvalue weighted by Gasteiger charge is -2.63. The van der Waals surface area contributed by atoms with E-state index < -0.39 is 0 Å². The zero-order valence-electron chi connectivity index (χ0n) is 16.3. The summed E-state index contributed by atoms with van der Waals surface area (Å²) in [6.07, 6.45) is 4.29. The molecule has 1 N–H and O–H groups in total. The van der Waals surface area contributed by atoms with Crippen LogP contribution in [0.5, 0.6) is 0 Å². The Labute approximate surface area is 162 Å². The average molecular weight is 372 g/mol. The van der Waals surface area contributed by atoms with Crippen molar-refractivity contribution in [1.82, 2.24) is 14.7 Å². The second kappa shape index (κ2) is 7.45. The highest BCUT2D eigenvalue weighted by Crippen LogP contribution is 2.40. The Morgan fingerprint density at radius 3 is 2.56 bits per heavy atom. The van der Waals surface area contributed by atoms with Crippen molar-refractivity contribution in [1.29, 1.82) is 0 Å². The normalized spacial score (nSPS) is 32.5. The topological polar surface area (TPSA) is 39.2 Å². The van der Waals surface area contributed by atoms with Gasteiger partial charge in [0.05, 0.1) is 11.6 Å². The van der Waals surface area contributed by atoms with Gasteiger partial charge in [-0.25, -0.2) is 0 Å². The summed E-state index contributed by atoms with van der Waals surface area (Å²) in [5.41, 5.74) is 1.69. The molecule has 4 fully saturated rings. The molecule has 4 saturated heterocycles. The SMILES string of the molecule is OC1CC2CN(CCc3ccccc3)CC3(CN(C4CCOCC4)C3)N2C1. The maximum Gasteiger partial charge on any atom is 0.0682 e. The number of likely N-dealkylation sites (tertiary alicyclic amines) is 1. The summed E-state index contributed by atoms with van der Waals surface area (Å²) in [5, 5.41) is 10.3. The van der Waals surface area contributed by atoms with E-state index in [4.69, 9.17) is 4.74 Å². The minimum Gasteiger partial charge on any atom is -0.392 e. The van der Waals surface area contributed by atoms with Gasteiger partial charge in [-0.05, 0) is 31.2 Å². The molecule has 5 rings (SSSR count). The Hall–Kier alpha value is -0.980. The van der Waals surface area contributed by atoms with Crippen LogP contribution >= 0.6 is 0 Å². The second-order valence-electron chi connectivity index (χ2n) is 9.14. The van der Waals surface area contributed by atoms with Crippen molar-refractivity contribution in [3.63, 3.8) is 0 Å². The number of fused-ring (bicyclic) bond motifs is 2. The van der Waals surface area contributed by atoms with Gasteiger partial charge in [-0.15, -0.1) is 0 Å². The fourth-order valence-corrected chi connectivity index (χ4v) is 5.92. The molecule has 4 aliphatic rings. The van der Waals surface area contributed by atoms with Crippen molar-refractivity contribution in [2.24, 2.45) is 0 Å². The number of rotatable bonds is 4. The second-order valence-corrected chi connectivity index (χ2v) is 9.14. The fraction of sp³-hybridized carbons (Fsp3) is 0.727. The molecule has 2 unspecified atom stereocenters. The van der Waals surface area contributed by atoms with Crippen LogP contribution in [0, 0.1) is 0 Å². The monoisotopic (exact) mass is 371 g/mol.